The first kappa shape index (κ1) is 17.4. The molecular weight excluding hydrogens is 304 g/mol. The van der Waals surface area contributed by atoms with E-state index >= 15 is 0 Å². The fraction of sp³-hybridized carbons (Fsp3) is 0.700. The summed E-state index contributed by atoms with van der Waals surface area (Å²) in [6.45, 7) is 6.18. The van der Waals surface area contributed by atoms with E-state index in [-0.39, 0.29) is 18.3 Å². The highest BCUT2D eigenvalue weighted by Gasteiger charge is 2.59. The molecule has 0 aromatic carbocycles. The Morgan fingerprint density at radius 3 is 2.62 bits per heavy atom. The number of ketones is 1. The van der Waals surface area contributed by atoms with Gasteiger partial charge in [0.05, 0.1) is 12.0 Å². The minimum atomic E-state index is -0.776. The Kier molecular flexibility index (Phi) is 4.23. The zero-order valence-electron chi connectivity index (χ0n) is 14.9. The van der Waals surface area contributed by atoms with Crippen molar-refractivity contribution in [2.75, 3.05) is 6.61 Å². The van der Waals surface area contributed by atoms with Gasteiger partial charge in [0.25, 0.3) is 0 Å². The number of aliphatic hydroxyl groups is 1. The highest BCUT2D eigenvalue weighted by atomic mass is 16.4. The van der Waals surface area contributed by atoms with Crippen LogP contribution in [0.5, 0.6) is 0 Å². The van der Waals surface area contributed by atoms with Gasteiger partial charge in [-0.1, -0.05) is 32.4 Å². The monoisotopic (exact) mass is 332 g/mol. The maximum atomic E-state index is 13.0. The number of carboxylic acid groups (broad SMARTS) is 1. The Balaban J connectivity index is 2.17. The van der Waals surface area contributed by atoms with Gasteiger partial charge in [-0.05, 0) is 55.1 Å². The van der Waals surface area contributed by atoms with Crippen molar-refractivity contribution in [3.05, 3.63) is 22.8 Å². The molecule has 3 rings (SSSR count). The van der Waals surface area contributed by atoms with Gasteiger partial charge < -0.3 is 10.2 Å². The molecule has 0 saturated heterocycles. The van der Waals surface area contributed by atoms with E-state index in [2.05, 4.69) is 13.8 Å². The van der Waals surface area contributed by atoms with Crippen LogP contribution in [0.2, 0.25) is 0 Å². The normalized spacial score (nSPS) is 36.3. The maximum absolute atomic E-state index is 13.0. The number of hydrogen-bond donors (Lipinski definition) is 2. The van der Waals surface area contributed by atoms with Gasteiger partial charge in [-0.3, -0.25) is 9.59 Å². The molecule has 0 aliphatic heterocycles. The highest BCUT2D eigenvalue weighted by molar-refractivity contribution is 5.90. The summed E-state index contributed by atoms with van der Waals surface area (Å²) in [4.78, 5) is 25.2. The first-order valence-electron chi connectivity index (χ1n) is 9.05. The Bertz CT molecular complexity index is 642. The van der Waals surface area contributed by atoms with E-state index in [1.807, 2.05) is 13.0 Å². The second-order valence-corrected chi connectivity index (χ2v) is 8.31. The smallest absolute Gasteiger partial charge is 0.313 e. The van der Waals surface area contributed by atoms with Crippen LogP contribution in [0.15, 0.2) is 22.8 Å². The van der Waals surface area contributed by atoms with Crippen LogP contribution in [0.1, 0.15) is 59.3 Å². The van der Waals surface area contributed by atoms with Crippen LogP contribution in [0.4, 0.5) is 0 Å². The molecule has 0 amide bonds. The van der Waals surface area contributed by atoms with Crippen LogP contribution in [0.25, 0.3) is 0 Å². The zero-order valence-corrected chi connectivity index (χ0v) is 14.9. The van der Waals surface area contributed by atoms with E-state index in [1.165, 1.54) is 5.57 Å². The number of fused-ring (bicyclic) bond motifs is 3. The molecule has 0 spiro atoms. The quantitative estimate of drug-likeness (QED) is 0.776. The molecule has 0 aromatic heterocycles. The minimum Gasteiger partial charge on any atom is -0.481 e. The first-order valence-corrected chi connectivity index (χ1v) is 9.05. The van der Waals surface area contributed by atoms with Gasteiger partial charge in [0, 0.05) is 11.8 Å². The highest BCUT2D eigenvalue weighted by Crippen LogP contribution is 2.62. The number of hydrogen-bond acceptors (Lipinski definition) is 3. The van der Waals surface area contributed by atoms with E-state index in [9.17, 15) is 19.8 Å². The van der Waals surface area contributed by atoms with Crippen LogP contribution in [0.3, 0.4) is 0 Å². The molecule has 0 bridgehead atoms. The number of rotatable bonds is 3. The van der Waals surface area contributed by atoms with Gasteiger partial charge in [-0.25, -0.2) is 0 Å². The SMILES string of the molecule is CC(C)C1=C2[C@@H]3CC=C(CO)CC(=O)[C@@]3(C)CC[C@]2(C(=O)O)CC1. The summed E-state index contributed by atoms with van der Waals surface area (Å²) in [5.41, 5.74) is 1.79. The maximum Gasteiger partial charge on any atom is 0.313 e. The summed E-state index contributed by atoms with van der Waals surface area (Å²) < 4.78 is 0. The Labute approximate surface area is 143 Å². The average Bonchev–Trinajstić information content (AvgIpc) is 2.88. The third-order valence-electron chi connectivity index (χ3n) is 6.85. The third kappa shape index (κ3) is 2.30. The molecule has 0 heterocycles. The van der Waals surface area contributed by atoms with Gasteiger partial charge in [-0.15, -0.1) is 0 Å². The van der Waals surface area contributed by atoms with Gasteiger partial charge in [0.1, 0.15) is 5.78 Å². The molecule has 4 heteroatoms. The van der Waals surface area contributed by atoms with Crippen molar-refractivity contribution in [2.45, 2.75) is 59.3 Å². The van der Waals surface area contributed by atoms with Crippen molar-refractivity contribution in [1.29, 1.82) is 0 Å². The third-order valence-corrected chi connectivity index (χ3v) is 6.85. The molecule has 1 fully saturated rings. The van der Waals surface area contributed by atoms with Crippen LogP contribution in [-0.2, 0) is 9.59 Å². The molecule has 4 nitrogen and oxygen atoms in total. The lowest BCUT2D eigenvalue weighted by Gasteiger charge is -2.48. The molecule has 24 heavy (non-hydrogen) atoms. The molecule has 1 saturated carbocycles. The van der Waals surface area contributed by atoms with Crippen molar-refractivity contribution in [3.8, 4) is 0 Å². The van der Waals surface area contributed by atoms with E-state index in [4.69, 9.17) is 0 Å². The van der Waals surface area contributed by atoms with Crippen molar-refractivity contribution >= 4 is 11.8 Å². The number of aliphatic carboxylic acids is 1. The standard InChI is InChI=1S/C20H28O4/c1-12(2)14-6-7-20(18(23)24)9-8-19(3)15(17(14)20)5-4-13(11-21)10-16(19)22/h4,12,15,21H,5-11H2,1-3H3,(H,23,24)/t15-,19-,20+/m0/s1. The Morgan fingerprint density at radius 1 is 1.33 bits per heavy atom. The lowest BCUT2D eigenvalue weighted by atomic mass is 9.54. The molecule has 0 unspecified atom stereocenters. The lowest BCUT2D eigenvalue weighted by molar-refractivity contribution is -0.151. The topological polar surface area (TPSA) is 74.6 Å². The van der Waals surface area contributed by atoms with E-state index in [0.29, 0.717) is 38.0 Å². The molecule has 2 N–H and O–H groups in total. The number of carboxylic acids is 1. The molecule has 0 radical (unpaired) electrons. The fourth-order valence-corrected chi connectivity index (χ4v) is 5.23. The van der Waals surface area contributed by atoms with Crippen LogP contribution >= 0.6 is 0 Å². The van der Waals surface area contributed by atoms with E-state index < -0.39 is 16.8 Å². The molecular formula is C20H28O4. The van der Waals surface area contributed by atoms with Crippen LogP contribution in [0, 0.1) is 22.7 Å². The van der Waals surface area contributed by atoms with E-state index in [1.54, 1.807) is 0 Å². The first-order chi connectivity index (χ1) is 11.3. The molecule has 3 aliphatic rings. The number of allylic oxidation sites excluding steroid dienone is 2. The summed E-state index contributed by atoms with van der Waals surface area (Å²) in [7, 11) is 0. The Hall–Kier alpha value is -1.42. The number of carbonyl (C=O) groups is 2. The van der Waals surface area contributed by atoms with Crippen molar-refractivity contribution in [2.24, 2.45) is 22.7 Å². The molecule has 0 aromatic rings. The number of aliphatic hydroxyl groups excluding tert-OH is 1. The van der Waals surface area contributed by atoms with Gasteiger partial charge in [0.2, 0.25) is 0 Å². The summed E-state index contributed by atoms with van der Waals surface area (Å²) in [6, 6.07) is 0. The predicted molar refractivity (Wildman–Crippen MR) is 91.4 cm³/mol. The summed E-state index contributed by atoms with van der Waals surface area (Å²) in [5, 5.41) is 19.5. The average molecular weight is 332 g/mol. The second kappa shape index (κ2) is 5.83. The summed E-state index contributed by atoms with van der Waals surface area (Å²) >= 11 is 0. The van der Waals surface area contributed by atoms with Crippen LogP contribution in [-0.4, -0.2) is 28.6 Å². The van der Waals surface area contributed by atoms with Gasteiger partial charge >= 0.3 is 5.97 Å². The minimum absolute atomic E-state index is 0.0428. The van der Waals surface area contributed by atoms with Gasteiger partial charge in [-0.2, -0.15) is 0 Å². The van der Waals surface area contributed by atoms with Crippen LogP contribution < -0.4 is 0 Å². The van der Waals surface area contributed by atoms with Crippen molar-refractivity contribution in [3.63, 3.8) is 0 Å². The molecule has 3 atom stereocenters. The lowest BCUT2D eigenvalue weighted by Crippen LogP contribution is -2.48. The molecule has 3 aliphatic carbocycles. The predicted octanol–water partition coefficient (Wildman–Crippen LogP) is 3.50. The summed E-state index contributed by atoms with van der Waals surface area (Å²) in [6.07, 6.45) is 5.63. The second-order valence-electron chi connectivity index (χ2n) is 8.31. The number of carbonyl (C=O) groups excluding carboxylic acids is 1. The van der Waals surface area contributed by atoms with Crippen molar-refractivity contribution in [1.82, 2.24) is 0 Å². The van der Waals surface area contributed by atoms with Crippen molar-refractivity contribution < 1.29 is 19.8 Å². The molecule has 132 valence electrons. The largest absolute Gasteiger partial charge is 0.481 e. The van der Waals surface area contributed by atoms with Gasteiger partial charge in [0.15, 0.2) is 0 Å². The zero-order chi connectivity index (χ0) is 17.7. The fourth-order valence-electron chi connectivity index (χ4n) is 5.23. The Morgan fingerprint density at radius 2 is 2.04 bits per heavy atom. The van der Waals surface area contributed by atoms with E-state index in [0.717, 1.165) is 17.6 Å². The summed E-state index contributed by atoms with van der Waals surface area (Å²) in [5.74, 6) is -0.299. The number of Topliss-reactive ketones (excluding diaryl/α,β-unsaturated/α-hetero) is 1.